The molecule has 0 bridgehead atoms. The molecule has 0 amide bonds. The van der Waals surface area contributed by atoms with Crippen LogP contribution in [0, 0.1) is 0 Å². The molecule has 1 saturated heterocycles. The van der Waals surface area contributed by atoms with Gasteiger partial charge in [-0.15, -0.1) is 11.6 Å². The predicted octanol–water partition coefficient (Wildman–Crippen LogP) is 3.40. The highest BCUT2D eigenvalue weighted by atomic mass is 35.5. The number of sulfonamides is 1. The molecular weight excluding hydrogens is 357 g/mol. The van der Waals surface area contributed by atoms with Crippen LogP contribution in [0.4, 0.5) is 0 Å². The highest BCUT2D eigenvalue weighted by Gasteiger charge is 2.39. The standard InChI is InChI=1S/C13H16Cl3NO3S/c1-13(2)8-17(7-10(6-14)20-13)21(18,19)12-5-9(15)3-4-11(12)16/h3-5,10H,6-8H2,1-2H3. The normalized spacial score (nSPS) is 23.2. The zero-order valence-corrected chi connectivity index (χ0v) is 14.7. The summed E-state index contributed by atoms with van der Waals surface area (Å²) in [6.07, 6.45) is -0.358. The van der Waals surface area contributed by atoms with Crippen LogP contribution < -0.4 is 0 Å². The molecule has 0 radical (unpaired) electrons. The summed E-state index contributed by atoms with van der Waals surface area (Å²) in [7, 11) is -3.75. The number of halogens is 3. The molecule has 0 aromatic heterocycles. The molecule has 1 fully saturated rings. The van der Waals surface area contributed by atoms with E-state index in [9.17, 15) is 8.42 Å². The summed E-state index contributed by atoms with van der Waals surface area (Å²) in [5.41, 5.74) is -0.615. The Hall–Kier alpha value is -0.0400. The number of rotatable bonds is 3. The first kappa shape index (κ1) is 17.3. The van der Waals surface area contributed by atoms with E-state index in [0.717, 1.165) is 0 Å². The highest BCUT2D eigenvalue weighted by Crippen LogP contribution is 2.31. The maximum Gasteiger partial charge on any atom is 0.244 e. The Labute approximate surface area is 140 Å². The summed E-state index contributed by atoms with van der Waals surface area (Å²) < 4.78 is 32.7. The Morgan fingerprint density at radius 3 is 2.67 bits per heavy atom. The van der Waals surface area contributed by atoms with Crippen LogP contribution >= 0.6 is 34.8 Å². The van der Waals surface area contributed by atoms with E-state index in [0.29, 0.717) is 5.02 Å². The first-order chi connectivity index (χ1) is 9.65. The number of morpholine rings is 1. The van der Waals surface area contributed by atoms with E-state index < -0.39 is 15.6 Å². The van der Waals surface area contributed by atoms with Gasteiger partial charge in [-0.1, -0.05) is 23.2 Å². The van der Waals surface area contributed by atoms with E-state index in [2.05, 4.69) is 0 Å². The lowest BCUT2D eigenvalue weighted by Gasteiger charge is -2.41. The van der Waals surface area contributed by atoms with Gasteiger partial charge < -0.3 is 4.74 Å². The molecule has 2 rings (SSSR count). The first-order valence-corrected chi connectivity index (χ1v) is 9.08. The van der Waals surface area contributed by atoms with Gasteiger partial charge in [0.05, 0.1) is 16.7 Å². The van der Waals surface area contributed by atoms with Gasteiger partial charge >= 0.3 is 0 Å². The summed E-state index contributed by atoms with van der Waals surface area (Å²) >= 11 is 17.7. The van der Waals surface area contributed by atoms with E-state index in [-0.39, 0.29) is 35.0 Å². The van der Waals surface area contributed by atoms with Gasteiger partial charge in [0.2, 0.25) is 10.0 Å². The second-order valence-electron chi connectivity index (χ2n) is 5.53. The van der Waals surface area contributed by atoms with Gasteiger partial charge in [0.15, 0.2) is 0 Å². The van der Waals surface area contributed by atoms with E-state index in [1.807, 2.05) is 13.8 Å². The molecule has 0 spiro atoms. The SMILES string of the molecule is CC1(C)CN(S(=O)(=O)c2cc(Cl)ccc2Cl)CC(CCl)O1. The molecule has 21 heavy (non-hydrogen) atoms. The Morgan fingerprint density at radius 1 is 1.38 bits per heavy atom. The average molecular weight is 373 g/mol. The van der Waals surface area contributed by atoms with Gasteiger partial charge in [-0.25, -0.2) is 8.42 Å². The average Bonchev–Trinajstić information content (AvgIpc) is 2.39. The maximum atomic E-state index is 12.8. The zero-order valence-electron chi connectivity index (χ0n) is 11.6. The largest absolute Gasteiger partial charge is 0.368 e. The Bertz CT molecular complexity index is 634. The summed E-state index contributed by atoms with van der Waals surface area (Å²) in [5.74, 6) is 0.221. The molecule has 0 N–H and O–H groups in total. The van der Waals surface area contributed by atoms with Gasteiger partial charge in [0.1, 0.15) is 4.90 Å². The zero-order chi connectivity index (χ0) is 15.8. The number of ether oxygens (including phenoxy) is 1. The van der Waals surface area contributed by atoms with E-state index >= 15 is 0 Å². The molecule has 4 nitrogen and oxygen atoms in total. The molecule has 1 aliphatic rings. The minimum Gasteiger partial charge on any atom is -0.368 e. The van der Waals surface area contributed by atoms with Crippen LogP contribution in [0.15, 0.2) is 23.1 Å². The summed E-state index contributed by atoms with van der Waals surface area (Å²) in [4.78, 5) is 0.00249. The number of hydrogen-bond donors (Lipinski definition) is 0. The predicted molar refractivity (Wildman–Crippen MR) is 84.9 cm³/mol. The summed E-state index contributed by atoms with van der Waals surface area (Å²) in [5, 5.41) is 0.463. The van der Waals surface area contributed by atoms with Crippen molar-refractivity contribution in [3.63, 3.8) is 0 Å². The van der Waals surface area contributed by atoms with Crippen molar-refractivity contribution < 1.29 is 13.2 Å². The van der Waals surface area contributed by atoms with Gasteiger partial charge in [-0.2, -0.15) is 4.31 Å². The molecule has 1 atom stereocenters. The number of alkyl halides is 1. The first-order valence-electron chi connectivity index (χ1n) is 6.35. The van der Waals surface area contributed by atoms with Gasteiger partial charge in [-0.05, 0) is 32.0 Å². The third kappa shape index (κ3) is 3.84. The molecule has 1 aromatic carbocycles. The summed E-state index contributed by atoms with van der Waals surface area (Å²) in [6.45, 7) is 4.07. The number of benzene rings is 1. The smallest absolute Gasteiger partial charge is 0.244 e. The number of nitrogens with zero attached hydrogens (tertiary/aromatic N) is 1. The van der Waals surface area contributed by atoms with E-state index in [1.54, 1.807) is 6.07 Å². The van der Waals surface area contributed by atoms with Gasteiger partial charge in [0.25, 0.3) is 0 Å². The molecule has 118 valence electrons. The number of hydrogen-bond acceptors (Lipinski definition) is 3. The molecule has 0 saturated carbocycles. The minimum atomic E-state index is -3.75. The van der Waals surface area contributed by atoms with E-state index in [1.165, 1.54) is 16.4 Å². The fourth-order valence-electron chi connectivity index (χ4n) is 2.32. The van der Waals surface area contributed by atoms with Crippen molar-refractivity contribution in [2.75, 3.05) is 19.0 Å². The third-order valence-corrected chi connectivity index (χ3v) is 6.01. The second-order valence-corrected chi connectivity index (χ2v) is 8.58. The third-order valence-electron chi connectivity index (χ3n) is 3.13. The van der Waals surface area contributed by atoms with Crippen LogP contribution in [-0.2, 0) is 14.8 Å². The van der Waals surface area contributed by atoms with Crippen molar-refractivity contribution in [1.29, 1.82) is 0 Å². The van der Waals surface area contributed by atoms with Crippen LogP contribution in [0.5, 0.6) is 0 Å². The second kappa shape index (κ2) is 6.22. The molecule has 1 heterocycles. The molecule has 0 aliphatic carbocycles. The van der Waals surface area contributed by atoms with Crippen LogP contribution in [0.3, 0.4) is 0 Å². The van der Waals surface area contributed by atoms with Crippen molar-refractivity contribution >= 4 is 44.8 Å². The molecular formula is C13H16Cl3NO3S. The van der Waals surface area contributed by atoms with Crippen molar-refractivity contribution in [2.24, 2.45) is 0 Å². The monoisotopic (exact) mass is 371 g/mol. The molecule has 1 aliphatic heterocycles. The van der Waals surface area contributed by atoms with Gasteiger partial charge in [-0.3, -0.25) is 0 Å². The van der Waals surface area contributed by atoms with E-state index in [4.69, 9.17) is 39.5 Å². The Balaban J connectivity index is 2.41. The van der Waals surface area contributed by atoms with Crippen molar-refractivity contribution in [2.45, 2.75) is 30.4 Å². The van der Waals surface area contributed by atoms with Crippen molar-refractivity contribution in [3.05, 3.63) is 28.2 Å². The highest BCUT2D eigenvalue weighted by molar-refractivity contribution is 7.89. The van der Waals surface area contributed by atoms with Crippen LogP contribution in [0.25, 0.3) is 0 Å². The van der Waals surface area contributed by atoms with Gasteiger partial charge in [0, 0.05) is 24.0 Å². The Kier molecular flexibility index (Phi) is 5.13. The maximum absolute atomic E-state index is 12.8. The fraction of sp³-hybridized carbons (Fsp3) is 0.538. The van der Waals surface area contributed by atoms with Crippen LogP contribution in [-0.4, -0.2) is 43.4 Å². The fourth-order valence-corrected chi connectivity index (χ4v) is 4.84. The lowest BCUT2D eigenvalue weighted by Crippen LogP contribution is -2.55. The van der Waals surface area contributed by atoms with Crippen LogP contribution in [0.2, 0.25) is 10.0 Å². The lowest BCUT2D eigenvalue weighted by molar-refractivity contribution is -0.107. The van der Waals surface area contributed by atoms with Crippen LogP contribution in [0.1, 0.15) is 13.8 Å². The Morgan fingerprint density at radius 2 is 2.05 bits per heavy atom. The quantitative estimate of drug-likeness (QED) is 0.764. The van der Waals surface area contributed by atoms with Crippen molar-refractivity contribution in [3.8, 4) is 0 Å². The minimum absolute atomic E-state index is 0.00249. The summed E-state index contributed by atoms with van der Waals surface area (Å²) in [6, 6.07) is 4.38. The molecule has 1 aromatic rings. The molecule has 8 heteroatoms. The lowest BCUT2D eigenvalue weighted by atomic mass is 10.1. The molecule has 1 unspecified atom stereocenters. The topological polar surface area (TPSA) is 46.6 Å². The van der Waals surface area contributed by atoms with Crippen molar-refractivity contribution in [1.82, 2.24) is 4.31 Å².